The molecule has 5 nitrogen and oxygen atoms in total. The lowest BCUT2D eigenvalue weighted by Gasteiger charge is -1.98. The van der Waals surface area contributed by atoms with E-state index in [0.29, 0.717) is 5.95 Å². The van der Waals surface area contributed by atoms with Crippen LogP contribution in [0.1, 0.15) is 13.3 Å². The number of nitrogens with zero attached hydrogens (tertiary/aromatic N) is 4. The van der Waals surface area contributed by atoms with Crippen molar-refractivity contribution in [1.82, 2.24) is 20.2 Å². The molecule has 0 amide bonds. The maximum absolute atomic E-state index is 3.76. The summed E-state index contributed by atoms with van der Waals surface area (Å²) < 4.78 is 1.58. The van der Waals surface area contributed by atoms with E-state index >= 15 is 0 Å². The van der Waals surface area contributed by atoms with Crippen LogP contribution >= 0.6 is 0 Å². The van der Waals surface area contributed by atoms with Crippen molar-refractivity contribution in [3.8, 4) is 11.8 Å². The highest BCUT2D eigenvalue weighted by Crippen LogP contribution is 1.94. The maximum Gasteiger partial charge on any atom is 0.242 e. The van der Waals surface area contributed by atoms with Crippen LogP contribution in [-0.4, -0.2) is 26.8 Å². The summed E-state index contributed by atoms with van der Waals surface area (Å²) in [4.78, 5) is 0. The van der Waals surface area contributed by atoms with Gasteiger partial charge in [0.25, 0.3) is 0 Å². The molecule has 12 heavy (non-hydrogen) atoms. The second-order valence-electron chi connectivity index (χ2n) is 2.23. The Balaban J connectivity index is 2.32. The van der Waals surface area contributed by atoms with Crippen LogP contribution in [0.15, 0.2) is 0 Å². The normalized spacial score (nSPS) is 8.83. The molecule has 0 fully saturated rings. The second-order valence-corrected chi connectivity index (χ2v) is 2.23. The third kappa shape index (κ3) is 2.23. The fourth-order valence-corrected chi connectivity index (χ4v) is 0.741. The Morgan fingerprint density at radius 3 is 3.00 bits per heavy atom. The zero-order valence-corrected chi connectivity index (χ0v) is 7.20. The van der Waals surface area contributed by atoms with Crippen molar-refractivity contribution in [2.45, 2.75) is 13.3 Å². The van der Waals surface area contributed by atoms with Crippen molar-refractivity contribution in [3.05, 3.63) is 0 Å². The molecular formula is C7H11N5. The smallest absolute Gasteiger partial charge is 0.242 e. The van der Waals surface area contributed by atoms with Gasteiger partial charge in [0, 0.05) is 20.0 Å². The summed E-state index contributed by atoms with van der Waals surface area (Å²) in [6, 6.07) is 0. The van der Waals surface area contributed by atoms with E-state index in [1.807, 2.05) is 6.92 Å². The van der Waals surface area contributed by atoms with Gasteiger partial charge in [-0.3, -0.25) is 0 Å². The molecule has 0 bridgehead atoms. The van der Waals surface area contributed by atoms with Gasteiger partial charge < -0.3 is 5.32 Å². The summed E-state index contributed by atoms with van der Waals surface area (Å²) >= 11 is 0. The summed E-state index contributed by atoms with van der Waals surface area (Å²) in [5, 5.41) is 14.0. The molecule has 1 aromatic rings. The summed E-state index contributed by atoms with van der Waals surface area (Å²) in [5.74, 6) is 6.43. The molecule has 1 N–H and O–H groups in total. The SMILES string of the molecule is CC#CCCNc1nnnn1C. The first-order chi connectivity index (χ1) is 5.84. The minimum atomic E-state index is 0.674. The van der Waals surface area contributed by atoms with Crippen molar-refractivity contribution in [3.63, 3.8) is 0 Å². The van der Waals surface area contributed by atoms with Gasteiger partial charge in [0.2, 0.25) is 5.95 Å². The highest BCUT2D eigenvalue weighted by atomic mass is 15.6. The molecule has 0 aromatic carbocycles. The molecule has 1 heterocycles. The van der Waals surface area contributed by atoms with Gasteiger partial charge in [-0.05, 0) is 17.4 Å². The van der Waals surface area contributed by atoms with Gasteiger partial charge in [0.05, 0.1) is 0 Å². The molecule has 0 unspecified atom stereocenters. The van der Waals surface area contributed by atoms with E-state index in [9.17, 15) is 0 Å². The van der Waals surface area contributed by atoms with E-state index in [-0.39, 0.29) is 0 Å². The topological polar surface area (TPSA) is 55.6 Å². The van der Waals surface area contributed by atoms with Gasteiger partial charge in [0.15, 0.2) is 0 Å². The average Bonchev–Trinajstić information content (AvgIpc) is 2.46. The predicted molar refractivity (Wildman–Crippen MR) is 45.4 cm³/mol. The lowest BCUT2D eigenvalue weighted by atomic mass is 10.4. The van der Waals surface area contributed by atoms with Gasteiger partial charge in [-0.25, -0.2) is 4.68 Å². The van der Waals surface area contributed by atoms with E-state index in [0.717, 1.165) is 13.0 Å². The highest BCUT2D eigenvalue weighted by molar-refractivity contribution is 5.21. The van der Waals surface area contributed by atoms with Crippen molar-refractivity contribution in [1.29, 1.82) is 0 Å². The zero-order valence-electron chi connectivity index (χ0n) is 7.20. The molecule has 0 aliphatic carbocycles. The number of anilines is 1. The Kier molecular flexibility index (Phi) is 3.08. The summed E-state index contributed by atoms with van der Waals surface area (Å²) in [6.07, 6.45) is 0.809. The van der Waals surface area contributed by atoms with Crippen LogP contribution < -0.4 is 5.32 Å². The van der Waals surface area contributed by atoms with Gasteiger partial charge in [-0.1, -0.05) is 5.10 Å². The highest BCUT2D eigenvalue weighted by Gasteiger charge is 1.97. The monoisotopic (exact) mass is 165 g/mol. The number of hydrogen-bond donors (Lipinski definition) is 1. The summed E-state index contributed by atoms with van der Waals surface area (Å²) in [5.41, 5.74) is 0. The Labute approximate surface area is 71.2 Å². The van der Waals surface area contributed by atoms with E-state index < -0.39 is 0 Å². The Bertz CT molecular complexity index is 292. The van der Waals surface area contributed by atoms with Crippen LogP contribution in [-0.2, 0) is 7.05 Å². The number of nitrogens with one attached hydrogen (secondary N) is 1. The minimum Gasteiger partial charge on any atom is -0.352 e. The largest absolute Gasteiger partial charge is 0.352 e. The molecule has 0 saturated heterocycles. The standard InChI is InChI=1S/C7H11N5/c1-3-4-5-6-8-7-9-10-11-12(7)2/h5-6H2,1-2H3,(H,8,9,11). The number of aryl methyl sites for hydroxylation is 1. The van der Waals surface area contributed by atoms with Crippen molar-refractivity contribution in [2.75, 3.05) is 11.9 Å². The lowest BCUT2D eigenvalue weighted by molar-refractivity contribution is 0.712. The van der Waals surface area contributed by atoms with Crippen LogP contribution in [0.4, 0.5) is 5.95 Å². The number of rotatable bonds is 3. The van der Waals surface area contributed by atoms with Crippen LogP contribution in [0.5, 0.6) is 0 Å². The molecule has 5 heteroatoms. The molecule has 1 rings (SSSR count). The fraction of sp³-hybridized carbons (Fsp3) is 0.571. The molecule has 0 aliphatic heterocycles. The molecular weight excluding hydrogens is 154 g/mol. The Morgan fingerprint density at radius 1 is 1.58 bits per heavy atom. The first-order valence-corrected chi connectivity index (χ1v) is 3.70. The van der Waals surface area contributed by atoms with Gasteiger partial charge >= 0.3 is 0 Å². The van der Waals surface area contributed by atoms with Crippen molar-refractivity contribution in [2.24, 2.45) is 7.05 Å². The number of hydrogen-bond acceptors (Lipinski definition) is 4. The van der Waals surface area contributed by atoms with Crippen LogP contribution in [0.25, 0.3) is 0 Å². The third-order valence-electron chi connectivity index (χ3n) is 1.33. The number of tetrazole rings is 1. The second kappa shape index (κ2) is 4.34. The van der Waals surface area contributed by atoms with Crippen LogP contribution in [0, 0.1) is 11.8 Å². The molecule has 64 valence electrons. The Morgan fingerprint density at radius 2 is 2.42 bits per heavy atom. The lowest BCUT2D eigenvalue weighted by Crippen LogP contribution is -2.06. The summed E-state index contributed by atoms with van der Waals surface area (Å²) in [7, 11) is 1.79. The quantitative estimate of drug-likeness (QED) is 0.507. The molecule has 0 radical (unpaired) electrons. The van der Waals surface area contributed by atoms with Crippen molar-refractivity contribution >= 4 is 5.95 Å². The first-order valence-electron chi connectivity index (χ1n) is 3.70. The van der Waals surface area contributed by atoms with Crippen LogP contribution in [0.2, 0.25) is 0 Å². The van der Waals surface area contributed by atoms with E-state index in [1.54, 1.807) is 11.7 Å². The molecule has 0 aliphatic rings. The van der Waals surface area contributed by atoms with Crippen molar-refractivity contribution < 1.29 is 0 Å². The molecule has 1 aromatic heterocycles. The molecule has 0 saturated carbocycles. The fourth-order valence-electron chi connectivity index (χ4n) is 0.741. The third-order valence-corrected chi connectivity index (χ3v) is 1.33. The average molecular weight is 165 g/mol. The van der Waals surface area contributed by atoms with Gasteiger partial charge in [-0.15, -0.1) is 11.8 Å². The maximum atomic E-state index is 3.76. The Hall–Kier alpha value is -1.57. The van der Waals surface area contributed by atoms with Gasteiger partial charge in [0.1, 0.15) is 0 Å². The molecule has 0 atom stereocenters. The van der Waals surface area contributed by atoms with E-state index in [4.69, 9.17) is 0 Å². The van der Waals surface area contributed by atoms with Gasteiger partial charge in [-0.2, -0.15) is 0 Å². The minimum absolute atomic E-state index is 0.674. The molecule has 0 spiro atoms. The number of aromatic nitrogens is 4. The summed E-state index contributed by atoms with van der Waals surface area (Å²) in [6.45, 7) is 2.60. The van der Waals surface area contributed by atoms with E-state index in [1.165, 1.54) is 0 Å². The van der Waals surface area contributed by atoms with Crippen LogP contribution in [0.3, 0.4) is 0 Å². The zero-order chi connectivity index (χ0) is 8.81. The first kappa shape index (κ1) is 8.53. The predicted octanol–water partition coefficient (Wildman–Crippen LogP) is 0.0354. The van der Waals surface area contributed by atoms with E-state index in [2.05, 4.69) is 32.7 Å².